The molecule has 0 aromatic heterocycles. The molecule has 150 valence electrons. The highest BCUT2D eigenvalue weighted by atomic mass is 31.2. The second-order valence-corrected chi connectivity index (χ2v) is 10.2. The zero-order valence-corrected chi connectivity index (χ0v) is 17.7. The lowest BCUT2D eigenvalue weighted by Crippen LogP contribution is -2.26. The van der Waals surface area contributed by atoms with Gasteiger partial charge in [0.2, 0.25) is 0 Å². The van der Waals surface area contributed by atoms with E-state index in [1.807, 2.05) is 115 Å². The van der Waals surface area contributed by atoms with Crippen LogP contribution < -0.4 is 15.9 Å². The van der Waals surface area contributed by atoms with Crippen LogP contribution >= 0.6 is 7.14 Å². The molecule has 0 amide bonds. The van der Waals surface area contributed by atoms with Crippen molar-refractivity contribution in [3.63, 3.8) is 0 Å². The zero-order valence-electron chi connectivity index (χ0n) is 16.8. The number of phenolic OH excluding ortho intramolecular Hbond substituents is 1. The lowest BCUT2D eigenvalue weighted by atomic mass is 9.97. The summed E-state index contributed by atoms with van der Waals surface area (Å²) in [6.07, 6.45) is 0. The van der Waals surface area contributed by atoms with Gasteiger partial charge in [-0.1, -0.05) is 115 Å². The number of rotatable bonds is 4. The highest BCUT2D eigenvalue weighted by Gasteiger charge is 2.32. The van der Waals surface area contributed by atoms with Crippen LogP contribution in [0.5, 0.6) is 5.75 Å². The maximum atomic E-state index is 15.0. The van der Waals surface area contributed by atoms with Gasteiger partial charge in [0.25, 0.3) is 0 Å². The van der Waals surface area contributed by atoms with Crippen LogP contribution in [0.25, 0.3) is 21.9 Å². The van der Waals surface area contributed by atoms with Crippen molar-refractivity contribution < 1.29 is 9.67 Å². The lowest BCUT2D eigenvalue weighted by Gasteiger charge is -2.23. The van der Waals surface area contributed by atoms with E-state index in [0.29, 0.717) is 5.56 Å². The number of aromatic hydroxyl groups is 1. The molecule has 0 saturated carbocycles. The molecule has 0 fully saturated rings. The van der Waals surface area contributed by atoms with E-state index in [1.54, 1.807) is 6.07 Å². The molecule has 0 bridgehead atoms. The van der Waals surface area contributed by atoms with Crippen molar-refractivity contribution in [2.24, 2.45) is 0 Å². The Kier molecular flexibility index (Phi) is 4.94. The SMILES string of the molecule is O=P(c1ccccc1)(c1ccccc1)c1ccccc1-c1c(O)ccc2ccccc12. The molecule has 0 heterocycles. The third-order valence-corrected chi connectivity index (χ3v) is 8.78. The third kappa shape index (κ3) is 3.26. The fourth-order valence-corrected chi connectivity index (χ4v) is 7.07. The Bertz CT molecular complexity index is 1370. The maximum absolute atomic E-state index is 15.0. The van der Waals surface area contributed by atoms with Gasteiger partial charge < -0.3 is 9.67 Å². The zero-order chi connectivity index (χ0) is 21.3. The van der Waals surface area contributed by atoms with E-state index in [4.69, 9.17) is 0 Å². The highest BCUT2D eigenvalue weighted by Crippen LogP contribution is 2.47. The largest absolute Gasteiger partial charge is 0.507 e. The van der Waals surface area contributed by atoms with E-state index in [-0.39, 0.29) is 5.75 Å². The summed E-state index contributed by atoms with van der Waals surface area (Å²) >= 11 is 0. The molecule has 0 aliphatic heterocycles. The summed E-state index contributed by atoms with van der Waals surface area (Å²) in [5.74, 6) is 0.179. The van der Waals surface area contributed by atoms with Gasteiger partial charge in [0.05, 0.1) is 0 Å². The molecule has 2 nitrogen and oxygen atoms in total. The van der Waals surface area contributed by atoms with Gasteiger partial charge in [0.1, 0.15) is 5.75 Å². The van der Waals surface area contributed by atoms with Gasteiger partial charge in [-0.2, -0.15) is 0 Å². The van der Waals surface area contributed by atoms with E-state index in [0.717, 1.165) is 32.2 Å². The molecule has 5 rings (SSSR count). The molecule has 0 aliphatic carbocycles. The Hall–Kier alpha value is -3.61. The minimum Gasteiger partial charge on any atom is -0.507 e. The standard InChI is InChI=1S/C28H21O2P/c29-26-20-19-21-11-7-8-16-24(21)28(26)25-17-9-10-18-27(25)31(30,22-12-3-1-4-13-22)23-14-5-2-6-15-23/h1-20,29H. The van der Waals surface area contributed by atoms with Crippen LogP contribution in [0.1, 0.15) is 0 Å². The van der Waals surface area contributed by atoms with E-state index in [9.17, 15) is 9.67 Å². The van der Waals surface area contributed by atoms with E-state index < -0.39 is 7.14 Å². The average molecular weight is 420 g/mol. The topological polar surface area (TPSA) is 37.3 Å². The minimum atomic E-state index is -3.19. The Labute approximate surface area is 181 Å². The minimum absolute atomic E-state index is 0.179. The average Bonchev–Trinajstić information content (AvgIpc) is 2.85. The van der Waals surface area contributed by atoms with Crippen molar-refractivity contribution in [1.82, 2.24) is 0 Å². The summed E-state index contributed by atoms with van der Waals surface area (Å²) in [6.45, 7) is 0. The fraction of sp³-hybridized carbons (Fsp3) is 0. The third-order valence-electron chi connectivity index (χ3n) is 5.66. The first-order valence-corrected chi connectivity index (χ1v) is 11.9. The van der Waals surface area contributed by atoms with Gasteiger partial charge in [0.15, 0.2) is 7.14 Å². The highest BCUT2D eigenvalue weighted by molar-refractivity contribution is 7.85. The first-order chi connectivity index (χ1) is 15.2. The van der Waals surface area contributed by atoms with E-state index >= 15 is 0 Å². The summed E-state index contributed by atoms with van der Waals surface area (Å²) in [4.78, 5) is 0. The van der Waals surface area contributed by atoms with Crippen molar-refractivity contribution in [2.75, 3.05) is 0 Å². The van der Waals surface area contributed by atoms with Crippen LogP contribution in [-0.2, 0) is 4.57 Å². The molecule has 0 atom stereocenters. The van der Waals surface area contributed by atoms with E-state index in [1.165, 1.54) is 0 Å². The number of hydrogen-bond donors (Lipinski definition) is 1. The predicted molar refractivity (Wildman–Crippen MR) is 130 cm³/mol. The Morgan fingerprint density at radius 2 is 1.10 bits per heavy atom. The van der Waals surface area contributed by atoms with Crippen LogP contribution in [0.3, 0.4) is 0 Å². The smallest absolute Gasteiger partial charge is 0.171 e. The second kappa shape index (κ2) is 7.91. The Morgan fingerprint density at radius 1 is 0.548 bits per heavy atom. The quantitative estimate of drug-likeness (QED) is 0.370. The lowest BCUT2D eigenvalue weighted by molar-refractivity contribution is 0.478. The van der Waals surface area contributed by atoms with Gasteiger partial charge >= 0.3 is 0 Å². The molecule has 0 aliphatic rings. The normalized spacial score (nSPS) is 11.5. The molecule has 5 aromatic carbocycles. The molecule has 31 heavy (non-hydrogen) atoms. The molecule has 3 heteroatoms. The molecule has 0 spiro atoms. The van der Waals surface area contributed by atoms with Crippen LogP contribution in [0, 0.1) is 0 Å². The second-order valence-electron chi connectivity index (χ2n) is 7.48. The van der Waals surface area contributed by atoms with Crippen molar-refractivity contribution in [3.8, 4) is 16.9 Å². The Balaban J connectivity index is 1.88. The van der Waals surface area contributed by atoms with Gasteiger partial charge in [0, 0.05) is 21.5 Å². The summed E-state index contributed by atoms with van der Waals surface area (Å²) in [5, 5.41) is 15.1. The van der Waals surface area contributed by atoms with Crippen LogP contribution in [0.4, 0.5) is 0 Å². The van der Waals surface area contributed by atoms with Crippen LogP contribution in [0.2, 0.25) is 0 Å². The molecule has 0 unspecified atom stereocenters. The number of fused-ring (bicyclic) bond motifs is 1. The van der Waals surface area contributed by atoms with Crippen molar-refractivity contribution in [2.45, 2.75) is 0 Å². The van der Waals surface area contributed by atoms with Crippen LogP contribution in [-0.4, -0.2) is 5.11 Å². The first-order valence-electron chi connectivity index (χ1n) is 10.2. The molecule has 0 saturated heterocycles. The van der Waals surface area contributed by atoms with Crippen molar-refractivity contribution >= 4 is 33.8 Å². The van der Waals surface area contributed by atoms with Crippen molar-refractivity contribution in [3.05, 3.63) is 121 Å². The first kappa shape index (κ1) is 19.4. The van der Waals surface area contributed by atoms with Gasteiger partial charge in [-0.05, 0) is 22.4 Å². The summed E-state index contributed by atoms with van der Waals surface area (Å²) in [6, 6.07) is 38.5. The monoisotopic (exact) mass is 420 g/mol. The van der Waals surface area contributed by atoms with Crippen molar-refractivity contribution in [1.29, 1.82) is 0 Å². The maximum Gasteiger partial charge on any atom is 0.171 e. The van der Waals surface area contributed by atoms with Gasteiger partial charge in [-0.25, -0.2) is 0 Å². The fourth-order valence-electron chi connectivity index (χ4n) is 4.21. The molecule has 0 radical (unpaired) electrons. The number of benzene rings is 5. The molecule has 1 N–H and O–H groups in total. The summed E-state index contributed by atoms with van der Waals surface area (Å²) < 4.78 is 15.0. The molecule has 5 aromatic rings. The Morgan fingerprint density at radius 3 is 1.77 bits per heavy atom. The van der Waals surface area contributed by atoms with E-state index in [2.05, 4.69) is 0 Å². The van der Waals surface area contributed by atoms with Gasteiger partial charge in [-0.3, -0.25) is 0 Å². The number of phenols is 1. The summed E-state index contributed by atoms with van der Waals surface area (Å²) in [5.41, 5.74) is 1.49. The molecular formula is C28H21O2P. The van der Waals surface area contributed by atoms with Crippen LogP contribution in [0.15, 0.2) is 121 Å². The predicted octanol–water partition coefficient (Wildman–Crippen LogP) is 5.85. The number of hydrogen-bond acceptors (Lipinski definition) is 2. The molecular weight excluding hydrogens is 399 g/mol. The van der Waals surface area contributed by atoms with Gasteiger partial charge in [-0.15, -0.1) is 0 Å². The summed E-state index contributed by atoms with van der Waals surface area (Å²) in [7, 11) is -3.19.